The fourth-order valence-corrected chi connectivity index (χ4v) is 1.73. The molecule has 0 aliphatic carbocycles. The van der Waals surface area contributed by atoms with Crippen LogP contribution in [-0.4, -0.2) is 24.2 Å². The Bertz CT molecular complexity index is 378. The fraction of sp³-hybridized carbons (Fsp3) is 0.462. The van der Waals surface area contributed by atoms with Gasteiger partial charge in [-0.3, -0.25) is 4.79 Å². The molecule has 0 spiro atoms. The van der Waals surface area contributed by atoms with E-state index in [-0.39, 0.29) is 6.61 Å². The van der Waals surface area contributed by atoms with E-state index in [1.807, 2.05) is 19.1 Å². The summed E-state index contributed by atoms with van der Waals surface area (Å²) in [5, 5.41) is 11.9. The molecular formula is C13H20N2O2. The molecule has 0 fully saturated rings. The number of primary amides is 1. The monoisotopic (exact) mass is 236 g/mol. The maximum Gasteiger partial charge on any atom is 0.249 e. The van der Waals surface area contributed by atoms with Gasteiger partial charge in [-0.05, 0) is 43.9 Å². The van der Waals surface area contributed by atoms with Crippen LogP contribution in [-0.2, 0) is 0 Å². The van der Waals surface area contributed by atoms with Crippen LogP contribution in [0, 0.1) is 6.92 Å². The zero-order valence-electron chi connectivity index (χ0n) is 10.2. The maximum atomic E-state index is 11.2. The van der Waals surface area contributed by atoms with Crippen LogP contribution in [0.5, 0.6) is 0 Å². The molecule has 0 unspecified atom stereocenters. The van der Waals surface area contributed by atoms with Gasteiger partial charge >= 0.3 is 0 Å². The number of rotatable bonds is 7. The van der Waals surface area contributed by atoms with Crippen LogP contribution < -0.4 is 11.1 Å². The third-order valence-electron chi connectivity index (χ3n) is 2.75. The van der Waals surface area contributed by atoms with Gasteiger partial charge in [0.15, 0.2) is 0 Å². The van der Waals surface area contributed by atoms with Gasteiger partial charge in [0.25, 0.3) is 0 Å². The third-order valence-corrected chi connectivity index (χ3v) is 2.75. The molecule has 1 aromatic carbocycles. The van der Waals surface area contributed by atoms with E-state index in [9.17, 15) is 4.79 Å². The van der Waals surface area contributed by atoms with Crippen molar-refractivity contribution in [3.8, 4) is 0 Å². The van der Waals surface area contributed by atoms with Crippen LogP contribution in [0.4, 0.5) is 5.69 Å². The number of benzene rings is 1. The molecule has 0 aliphatic heterocycles. The van der Waals surface area contributed by atoms with Crippen molar-refractivity contribution in [1.82, 2.24) is 0 Å². The van der Waals surface area contributed by atoms with Crippen molar-refractivity contribution in [2.45, 2.75) is 26.2 Å². The number of hydrogen-bond acceptors (Lipinski definition) is 3. The fourth-order valence-electron chi connectivity index (χ4n) is 1.73. The van der Waals surface area contributed by atoms with E-state index in [2.05, 4.69) is 5.32 Å². The van der Waals surface area contributed by atoms with Gasteiger partial charge in [0.2, 0.25) is 5.91 Å². The van der Waals surface area contributed by atoms with Gasteiger partial charge in [0.05, 0.1) is 0 Å². The third kappa shape index (κ3) is 4.07. The Hall–Kier alpha value is -1.55. The number of hydrogen-bond donors (Lipinski definition) is 3. The Kier molecular flexibility index (Phi) is 5.49. The summed E-state index contributed by atoms with van der Waals surface area (Å²) >= 11 is 0. The van der Waals surface area contributed by atoms with Gasteiger partial charge in [0, 0.05) is 24.4 Å². The number of unbranched alkanes of at least 4 members (excludes halogenated alkanes) is 2. The van der Waals surface area contributed by atoms with Crippen LogP contribution in [0.2, 0.25) is 0 Å². The van der Waals surface area contributed by atoms with E-state index in [0.717, 1.165) is 37.1 Å². The van der Waals surface area contributed by atoms with Crippen molar-refractivity contribution in [2.75, 3.05) is 18.5 Å². The number of nitrogens with one attached hydrogen (secondary N) is 1. The minimum Gasteiger partial charge on any atom is -0.396 e. The lowest BCUT2D eigenvalue weighted by Gasteiger charge is -2.11. The predicted molar refractivity (Wildman–Crippen MR) is 69.1 cm³/mol. The summed E-state index contributed by atoms with van der Waals surface area (Å²) in [5.41, 5.74) is 7.68. The summed E-state index contributed by atoms with van der Waals surface area (Å²) in [6.07, 6.45) is 2.83. The number of aliphatic hydroxyl groups is 1. The SMILES string of the molecule is Cc1c(NCCCCCO)cccc1C(N)=O. The normalized spacial score (nSPS) is 10.2. The summed E-state index contributed by atoms with van der Waals surface area (Å²) in [7, 11) is 0. The van der Waals surface area contributed by atoms with Crippen molar-refractivity contribution in [1.29, 1.82) is 0 Å². The average molecular weight is 236 g/mol. The molecule has 0 atom stereocenters. The van der Waals surface area contributed by atoms with E-state index < -0.39 is 5.91 Å². The van der Waals surface area contributed by atoms with E-state index >= 15 is 0 Å². The molecule has 0 saturated heterocycles. The lowest BCUT2D eigenvalue weighted by atomic mass is 10.1. The maximum absolute atomic E-state index is 11.2. The van der Waals surface area contributed by atoms with Crippen LogP contribution in [0.1, 0.15) is 35.2 Å². The molecule has 1 amide bonds. The minimum absolute atomic E-state index is 0.246. The first-order chi connectivity index (χ1) is 8.16. The Morgan fingerprint density at radius 2 is 2.12 bits per heavy atom. The minimum atomic E-state index is -0.397. The molecule has 1 rings (SSSR count). The molecule has 0 bridgehead atoms. The van der Waals surface area contributed by atoms with E-state index in [1.165, 1.54) is 0 Å². The van der Waals surface area contributed by atoms with Gasteiger partial charge in [0.1, 0.15) is 0 Å². The highest BCUT2D eigenvalue weighted by molar-refractivity contribution is 5.95. The summed E-state index contributed by atoms with van der Waals surface area (Å²) in [5.74, 6) is -0.397. The molecular weight excluding hydrogens is 216 g/mol. The second kappa shape index (κ2) is 6.91. The van der Waals surface area contributed by atoms with Crippen molar-refractivity contribution in [3.05, 3.63) is 29.3 Å². The predicted octanol–water partition coefficient (Wildman–Crippen LogP) is 1.67. The first-order valence-electron chi connectivity index (χ1n) is 5.91. The second-order valence-corrected chi connectivity index (χ2v) is 4.05. The van der Waals surface area contributed by atoms with Crippen molar-refractivity contribution in [2.24, 2.45) is 5.73 Å². The summed E-state index contributed by atoms with van der Waals surface area (Å²) in [6.45, 7) is 2.97. The first kappa shape index (κ1) is 13.5. The summed E-state index contributed by atoms with van der Waals surface area (Å²) in [6, 6.07) is 5.49. The van der Waals surface area contributed by atoms with Crippen LogP contribution in [0.15, 0.2) is 18.2 Å². The second-order valence-electron chi connectivity index (χ2n) is 4.05. The number of amides is 1. The van der Waals surface area contributed by atoms with Crippen molar-refractivity contribution < 1.29 is 9.90 Å². The highest BCUT2D eigenvalue weighted by Gasteiger charge is 2.07. The van der Waals surface area contributed by atoms with Crippen molar-refractivity contribution >= 4 is 11.6 Å². The number of carbonyl (C=O) groups excluding carboxylic acids is 1. The number of nitrogens with two attached hydrogens (primary N) is 1. The molecule has 4 heteroatoms. The van der Waals surface area contributed by atoms with Gasteiger partial charge in [-0.2, -0.15) is 0 Å². The summed E-state index contributed by atoms with van der Waals surface area (Å²) in [4.78, 5) is 11.2. The quantitative estimate of drug-likeness (QED) is 0.630. The molecule has 94 valence electrons. The Balaban J connectivity index is 2.54. The highest BCUT2D eigenvalue weighted by atomic mass is 16.2. The number of anilines is 1. The lowest BCUT2D eigenvalue weighted by molar-refractivity contribution is 0.1000. The summed E-state index contributed by atoms with van der Waals surface area (Å²) < 4.78 is 0. The zero-order valence-corrected chi connectivity index (χ0v) is 10.2. The molecule has 0 radical (unpaired) electrons. The van der Waals surface area contributed by atoms with Crippen LogP contribution >= 0.6 is 0 Å². The molecule has 17 heavy (non-hydrogen) atoms. The molecule has 0 aliphatic rings. The molecule has 0 aromatic heterocycles. The lowest BCUT2D eigenvalue weighted by Crippen LogP contribution is -2.14. The van der Waals surface area contributed by atoms with Gasteiger partial charge in [-0.1, -0.05) is 6.07 Å². The standard InChI is InChI=1S/C13H20N2O2/c1-10-11(13(14)17)6-5-7-12(10)15-8-3-2-4-9-16/h5-7,15-16H,2-4,8-9H2,1H3,(H2,14,17). The number of carbonyl (C=O) groups is 1. The van der Waals surface area contributed by atoms with E-state index in [0.29, 0.717) is 5.56 Å². The molecule has 4 N–H and O–H groups in total. The largest absolute Gasteiger partial charge is 0.396 e. The molecule has 4 nitrogen and oxygen atoms in total. The van der Waals surface area contributed by atoms with E-state index in [1.54, 1.807) is 6.07 Å². The molecule has 0 heterocycles. The Morgan fingerprint density at radius 1 is 1.35 bits per heavy atom. The van der Waals surface area contributed by atoms with Crippen molar-refractivity contribution in [3.63, 3.8) is 0 Å². The van der Waals surface area contributed by atoms with Crippen LogP contribution in [0.3, 0.4) is 0 Å². The van der Waals surface area contributed by atoms with Gasteiger partial charge in [-0.25, -0.2) is 0 Å². The topological polar surface area (TPSA) is 75.3 Å². The Labute approximate surface area is 102 Å². The van der Waals surface area contributed by atoms with Crippen LogP contribution in [0.25, 0.3) is 0 Å². The van der Waals surface area contributed by atoms with E-state index in [4.69, 9.17) is 10.8 Å². The first-order valence-corrected chi connectivity index (χ1v) is 5.91. The number of aliphatic hydroxyl groups excluding tert-OH is 1. The smallest absolute Gasteiger partial charge is 0.249 e. The molecule has 1 aromatic rings. The van der Waals surface area contributed by atoms with Gasteiger partial charge in [-0.15, -0.1) is 0 Å². The Morgan fingerprint density at radius 3 is 2.76 bits per heavy atom. The molecule has 0 saturated carbocycles. The highest BCUT2D eigenvalue weighted by Crippen LogP contribution is 2.18. The zero-order chi connectivity index (χ0) is 12.7. The average Bonchev–Trinajstić information content (AvgIpc) is 2.30. The van der Waals surface area contributed by atoms with Gasteiger partial charge < -0.3 is 16.2 Å².